The zero-order chi connectivity index (χ0) is 23.1. The second-order valence-corrected chi connectivity index (χ2v) is 9.95. The maximum absolute atomic E-state index is 11.7. The molecule has 0 spiro atoms. The zero-order valence-corrected chi connectivity index (χ0v) is 20.0. The van der Waals surface area contributed by atoms with E-state index in [-0.39, 0.29) is 12.4 Å². The first-order valence-corrected chi connectivity index (χ1v) is 12.4. The fraction of sp³-hybridized carbons (Fsp3) is 0.720. The lowest BCUT2D eigenvalue weighted by molar-refractivity contribution is 0.101. The number of Topliss-reactive ketones (excluding diaryl/α,β-unsaturated/α-hetero) is 1. The number of methoxy groups -OCH3 is 2. The number of nitrogens with zero attached hydrogens (tertiary/aromatic N) is 4. The van der Waals surface area contributed by atoms with Crippen LogP contribution >= 0.6 is 0 Å². The Labute approximate surface area is 195 Å². The summed E-state index contributed by atoms with van der Waals surface area (Å²) >= 11 is 0. The summed E-state index contributed by atoms with van der Waals surface area (Å²) in [4.78, 5) is 11.7. The zero-order valence-electron chi connectivity index (χ0n) is 20.0. The summed E-state index contributed by atoms with van der Waals surface area (Å²) in [6.45, 7) is 4.61. The predicted octanol–water partition coefficient (Wildman–Crippen LogP) is 3.48. The summed E-state index contributed by atoms with van der Waals surface area (Å²) in [7, 11) is 3.41. The van der Waals surface area contributed by atoms with Gasteiger partial charge in [-0.1, -0.05) is 0 Å². The van der Waals surface area contributed by atoms with Crippen molar-refractivity contribution < 1.29 is 19.4 Å². The van der Waals surface area contributed by atoms with Crippen LogP contribution < -0.4 is 0 Å². The summed E-state index contributed by atoms with van der Waals surface area (Å²) in [5.41, 5.74) is 6.93. The van der Waals surface area contributed by atoms with Gasteiger partial charge in [0.15, 0.2) is 5.78 Å². The molecule has 0 aromatic carbocycles. The molecule has 33 heavy (non-hydrogen) atoms. The topological polar surface area (TPSA) is 91.4 Å². The first-order valence-electron chi connectivity index (χ1n) is 12.4. The average molecular weight is 457 g/mol. The molecule has 8 heteroatoms. The fourth-order valence-electron chi connectivity index (χ4n) is 6.80. The maximum atomic E-state index is 11.7. The Hall–Kier alpha value is -2.03. The lowest BCUT2D eigenvalue weighted by atomic mass is 9.94. The Bertz CT molecular complexity index is 1030. The highest BCUT2D eigenvalue weighted by atomic mass is 16.5. The van der Waals surface area contributed by atoms with Crippen molar-refractivity contribution in [2.75, 3.05) is 27.4 Å². The molecule has 4 unspecified atom stereocenters. The van der Waals surface area contributed by atoms with Crippen LogP contribution in [0.1, 0.15) is 108 Å². The van der Waals surface area contributed by atoms with Gasteiger partial charge in [0, 0.05) is 55.5 Å². The largest absolute Gasteiger partial charge is 0.390 e. The van der Waals surface area contributed by atoms with Gasteiger partial charge in [0.05, 0.1) is 38.6 Å². The highest BCUT2D eigenvalue weighted by Gasteiger charge is 2.43. The monoisotopic (exact) mass is 456 g/mol. The standard InChI is InChI=1S/C13H18N2O2.C12H18N2O2/c1-8(16)12-11-9-3-4-10(7-9)13(11)15(14-12)5-6-17-2;1-16-5-4-14-12-9-3-2-8(6-9)11(12)10(7-15)13-14/h9-10H,3-7H2,1-2H3;8-9,15H,2-7H2,1H3. The highest BCUT2D eigenvalue weighted by molar-refractivity contribution is 5.94. The number of carbonyl (C=O) groups is 1. The molecule has 0 radical (unpaired) electrons. The average Bonchev–Trinajstić information content (AvgIpc) is 3.64. The van der Waals surface area contributed by atoms with Crippen LogP contribution in [-0.4, -0.2) is 57.9 Å². The lowest BCUT2D eigenvalue weighted by Gasteiger charge is -2.13. The van der Waals surface area contributed by atoms with Gasteiger partial charge in [-0.3, -0.25) is 14.2 Å². The van der Waals surface area contributed by atoms with Gasteiger partial charge in [0.2, 0.25) is 0 Å². The molecule has 0 aliphatic heterocycles. The molecule has 2 aromatic rings. The number of fused-ring (bicyclic) bond motifs is 10. The van der Waals surface area contributed by atoms with Crippen LogP contribution in [0.25, 0.3) is 0 Å². The molecule has 6 rings (SSSR count). The van der Waals surface area contributed by atoms with Crippen molar-refractivity contribution >= 4 is 5.78 Å². The second-order valence-electron chi connectivity index (χ2n) is 9.95. The lowest BCUT2D eigenvalue weighted by Crippen LogP contribution is -2.11. The van der Waals surface area contributed by atoms with E-state index in [4.69, 9.17) is 9.47 Å². The molecule has 2 saturated carbocycles. The van der Waals surface area contributed by atoms with Crippen LogP contribution in [0.5, 0.6) is 0 Å². The van der Waals surface area contributed by atoms with Crippen molar-refractivity contribution in [2.45, 2.75) is 88.8 Å². The number of hydrogen-bond acceptors (Lipinski definition) is 6. The van der Waals surface area contributed by atoms with E-state index in [2.05, 4.69) is 14.9 Å². The molecule has 0 saturated heterocycles. The van der Waals surface area contributed by atoms with E-state index >= 15 is 0 Å². The number of ether oxygens (including phenoxy) is 2. The van der Waals surface area contributed by atoms with E-state index in [1.54, 1.807) is 21.1 Å². The van der Waals surface area contributed by atoms with Crippen molar-refractivity contribution in [3.8, 4) is 0 Å². The van der Waals surface area contributed by atoms with E-state index in [1.165, 1.54) is 61.0 Å². The van der Waals surface area contributed by atoms with E-state index < -0.39 is 0 Å². The normalized spacial score (nSPS) is 25.8. The first-order chi connectivity index (χ1) is 16.1. The van der Waals surface area contributed by atoms with E-state index in [0.29, 0.717) is 42.6 Å². The van der Waals surface area contributed by atoms with Crippen LogP contribution in [0.2, 0.25) is 0 Å². The van der Waals surface area contributed by atoms with E-state index in [0.717, 1.165) is 18.8 Å². The van der Waals surface area contributed by atoms with Crippen LogP contribution in [0, 0.1) is 0 Å². The first kappa shape index (κ1) is 22.7. The Morgan fingerprint density at radius 3 is 1.94 bits per heavy atom. The Balaban J connectivity index is 0.000000139. The molecule has 4 aliphatic carbocycles. The van der Waals surface area contributed by atoms with Crippen molar-refractivity contribution in [2.24, 2.45) is 0 Å². The highest BCUT2D eigenvalue weighted by Crippen LogP contribution is 2.55. The molecular weight excluding hydrogens is 420 g/mol. The Kier molecular flexibility index (Phi) is 6.42. The molecule has 4 aliphatic rings. The van der Waals surface area contributed by atoms with Gasteiger partial charge in [-0.2, -0.15) is 10.2 Å². The van der Waals surface area contributed by atoms with Gasteiger partial charge in [0.1, 0.15) is 5.69 Å². The SMILES string of the molecule is COCCn1nc(C(C)=O)c2c1C1CCC2C1.COCCn1nc(CO)c2c1C1CCC2C1. The van der Waals surface area contributed by atoms with E-state index in [1.807, 2.05) is 4.68 Å². The van der Waals surface area contributed by atoms with Gasteiger partial charge in [-0.05, 0) is 50.4 Å². The molecule has 2 aromatic heterocycles. The molecule has 4 bridgehead atoms. The minimum Gasteiger partial charge on any atom is -0.390 e. The molecular formula is C25H36N4O4. The number of aliphatic hydroxyl groups excluding tert-OH is 1. The molecule has 180 valence electrons. The van der Waals surface area contributed by atoms with Gasteiger partial charge >= 0.3 is 0 Å². The summed E-state index contributed by atoms with van der Waals surface area (Å²) in [5.74, 6) is 2.67. The number of ketones is 1. The number of carbonyl (C=O) groups excluding carboxylic acids is 1. The molecule has 0 amide bonds. The van der Waals surface area contributed by atoms with Gasteiger partial charge < -0.3 is 14.6 Å². The third kappa shape index (κ3) is 3.86. The second kappa shape index (κ2) is 9.31. The van der Waals surface area contributed by atoms with Crippen LogP contribution in [0.4, 0.5) is 0 Å². The number of aliphatic hydroxyl groups is 1. The maximum Gasteiger partial charge on any atom is 0.180 e. The minimum atomic E-state index is 0.0749. The summed E-state index contributed by atoms with van der Waals surface area (Å²) in [6.07, 6.45) is 7.55. The Morgan fingerprint density at radius 1 is 0.879 bits per heavy atom. The van der Waals surface area contributed by atoms with Crippen LogP contribution in [-0.2, 0) is 29.2 Å². The van der Waals surface area contributed by atoms with Crippen LogP contribution in [0.3, 0.4) is 0 Å². The van der Waals surface area contributed by atoms with Crippen molar-refractivity contribution in [3.05, 3.63) is 33.9 Å². The smallest absolute Gasteiger partial charge is 0.180 e. The number of rotatable bonds is 8. The third-order valence-electron chi connectivity index (χ3n) is 8.09. The van der Waals surface area contributed by atoms with Gasteiger partial charge in [0.25, 0.3) is 0 Å². The Morgan fingerprint density at radius 2 is 1.39 bits per heavy atom. The van der Waals surface area contributed by atoms with Crippen molar-refractivity contribution in [1.82, 2.24) is 19.6 Å². The summed E-state index contributed by atoms with van der Waals surface area (Å²) in [6, 6.07) is 0. The van der Waals surface area contributed by atoms with Gasteiger partial charge in [-0.25, -0.2) is 0 Å². The predicted molar refractivity (Wildman–Crippen MR) is 123 cm³/mol. The van der Waals surface area contributed by atoms with Crippen molar-refractivity contribution in [3.63, 3.8) is 0 Å². The number of aromatic nitrogens is 4. The number of hydrogen-bond donors (Lipinski definition) is 1. The minimum absolute atomic E-state index is 0.0749. The van der Waals surface area contributed by atoms with E-state index in [9.17, 15) is 9.90 Å². The molecule has 8 nitrogen and oxygen atoms in total. The fourth-order valence-corrected chi connectivity index (χ4v) is 6.80. The van der Waals surface area contributed by atoms with Crippen molar-refractivity contribution in [1.29, 1.82) is 0 Å². The quantitative estimate of drug-likeness (QED) is 0.612. The molecule has 2 heterocycles. The van der Waals surface area contributed by atoms with Gasteiger partial charge in [-0.15, -0.1) is 0 Å². The summed E-state index contributed by atoms with van der Waals surface area (Å²) < 4.78 is 14.3. The molecule has 1 N–H and O–H groups in total. The third-order valence-corrected chi connectivity index (χ3v) is 8.09. The van der Waals surface area contributed by atoms with Crippen LogP contribution in [0.15, 0.2) is 0 Å². The molecule has 4 atom stereocenters. The molecule has 2 fully saturated rings. The summed E-state index contributed by atoms with van der Waals surface area (Å²) in [5, 5.41) is 18.4.